The molecule has 0 aliphatic carbocycles. The number of aryl methyl sites for hydroxylation is 2. The molecule has 0 aliphatic heterocycles. The van der Waals surface area contributed by atoms with Crippen LogP contribution in [0.2, 0.25) is 0 Å². The lowest BCUT2D eigenvalue weighted by atomic mass is 9.74. The Labute approximate surface area is 123 Å². The smallest absolute Gasteiger partial charge is 0.145 e. The van der Waals surface area contributed by atoms with Crippen LogP contribution in [0.1, 0.15) is 50.8 Å². The second kappa shape index (κ2) is 6.69. The first-order valence-electron chi connectivity index (χ1n) is 7.15. The summed E-state index contributed by atoms with van der Waals surface area (Å²) in [5.74, 6) is 0. The first-order chi connectivity index (χ1) is 9.30. The molecule has 0 saturated carbocycles. The monoisotopic (exact) mass is 270 g/mol. The highest BCUT2D eigenvalue weighted by atomic mass is 16.1. The van der Waals surface area contributed by atoms with Crippen LogP contribution >= 0.6 is 0 Å². The maximum atomic E-state index is 11.0. The van der Waals surface area contributed by atoms with Crippen molar-refractivity contribution in [1.82, 2.24) is 0 Å². The quantitative estimate of drug-likeness (QED) is 0.415. The standard InChI is InChI=1S/C19H26O/c1-14(2)10-11-19(6,12-15(3)13-20)18-16(4)8-7-9-17(18)5/h7-10,12-13H,11H2,1-6H3/b15-12+. The number of carbonyl (C=O) groups is 1. The van der Waals surface area contributed by atoms with Gasteiger partial charge < -0.3 is 0 Å². The number of allylic oxidation sites excluding steroid dienone is 4. The molecule has 0 aromatic heterocycles. The van der Waals surface area contributed by atoms with Crippen molar-refractivity contribution >= 4 is 6.29 Å². The van der Waals surface area contributed by atoms with Crippen LogP contribution in [-0.4, -0.2) is 6.29 Å². The van der Waals surface area contributed by atoms with Gasteiger partial charge in [0.15, 0.2) is 0 Å². The maximum Gasteiger partial charge on any atom is 0.145 e. The second-order valence-electron chi connectivity index (χ2n) is 6.18. The Kier molecular flexibility index (Phi) is 5.50. The molecule has 1 nitrogen and oxygen atoms in total. The number of benzene rings is 1. The third-order valence-electron chi connectivity index (χ3n) is 3.72. The number of rotatable bonds is 5. The van der Waals surface area contributed by atoms with Gasteiger partial charge in [-0.25, -0.2) is 0 Å². The van der Waals surface area contributed by atoms with Gasteiger partial charge in [0.05, 0.1) is 0 Å². The lowest BCUT2D eigenvalue weighted by Gasteiger charge is -2.30. The molecule has 0 spiro atoms. The fraction of sp³-hybridized carbons (Fsp3) is 0.421. The fourth-order valence-electron chi connectivity index (χ4n) is 2.90. The van der Waals surface area contributed by atoms with Crippen molar-refractivity contribution < 1.29 is 4.79 Å². The number of hydrogen-bond acceptors (Lipinski definition) is 1. The van der Waals surface area contributed by atoms with Gasteiger partial charge in [-0.05, 0) is 63.3 Å². The molecule has 0 bridgehead atoms. The van der Waals surface area contributed by atoms with Gasteiger partial charge >= 0.3 is 0 Å². The molecule has 1 aromatic rings. The number of aldehydes is 1. The fourth-order valence-corrected chi connectivity index (χ4v) is 2.90. The predicted octanol–water partition coefficient (Wildman–Crippen LogP) is 5.06. The zero-order valence-electron chi connectivity index (χ0n) is 13.6. The molecule has 20 heavy (non-hydrogen) atoms. The molecule has 1 aromatic carbocycles. The Morgan fingerprint density at radius 1 is 1.15 bits per heavy atom. The lowest BCUT2D eigenvalue weighted by molar-refractivity contribution is -0.104. The summed E-state index contributed by atoms with van der Waals surface area (Å²) in [5.41, 5.74) is 5.85. The van der Waals surface area contributed by atoms with Crippen molar-refractivity contribution in [2.24, 2.45) is 0 Å². The van der Waals surface area contributed by atoms with Crippen molar-refractivity contribution in [3.63, 3.8) is 0 Å². The molecular weight excluding hydrogens is 244 g/mol. The Morgan fingerprint density at radius 3 is 2.15 bits per heavy atom. The van der Waals surface area contributed by atoms with E-state index in [0.717, 1.165) is 18.3 Å². The van der Waals surface area contributed by atoms with Gasteiger partial charge in [0.2, 0.25) is 0 Å². The van der Waals surface area contributed by atoms with Gasteiger partial charge in [-0.3, -0.25) is 4.79 Å². The van der Waals surface area contributed by atoms with E-state index >= 15 is 0 Å². The van der Waals surface area contributed by atoms with Crippen LogP contribution in [-0.2, 0) is 10.2 Å². The zero-order chi connectivity index (χ0) is 15.3. The van der Waals surface area contributed by atoms with Gasteiger partial charge in [-0.1, -0.05) is 42.8 Å². The Balaban J connectivity index is 3.44. The summed E-state index contributed by atoms with van der Waals surface area (Å²) in [6.07, 6.45) is 6.20. The summed E-state index contributed by atoms with van der Waals surface area (Å²) in [6, 6.07) is 6.38. The summed E-state index contributed by atoms with van der Waals surface area (Å²) in [6.45, 7) is 12.6. The van der Waals surface area contributed by atoms with Crippen LogP contribution < -0.4 is 0 Å². The SMILES string of the molecule is CC(C)=CCC(C)(/C=C(\C)C=O)c1c(C)cccc1C. The molecule has 1 unspecified atom stereocenters. The minimum atomic E-state index is -0.141. The van der Waals surface area contributed by atoms with E-state index in [4.69, 9.17) is 0 Å². The summed E-state index contributed by atoms with van der Waals surface area (Å²) in [4.78, 5) is 11.0. The van der Waals surface area contributed by atoms with Gasteiger partial charge in [0, 0.05) is 5.41 Å². The van der Waals surface area contributed by atoms with Crippen molar-refractivity contribution in [3.8, 4) is 0 Å². The van der Waals surface area contributed by atoms with Crippen molar-refractivity contribution in [2.45, 2.75) is 53.4 Å². The van der Waals surface area contributed by atoms with E-state index in [1.807, 2.05) is 6.92 Å². The highest BCUT2D eigenvalue weighted by Gasteiger charge is 2.26. The van der Waals surface area contributed by atoms with Gasteiger partial charge in [0.25, 0.3) is 0 Å². The van der Waals surface area contributed by atoms with Crippen LogP contribution in [0.4, 0.5) is 0 Å². The topological polar surface area (TPSA) is 17.1 Å². The van der Waals surface area contributed by atoms with E-state index in [9.17, 15) is 4.79 Å². The molecule has 0 aliphatic rings. The van der Waals surface area contributed by atoms with Crippen LogP contribution in [0, 0.1) is 13.8 Å². The Morgan fingerprint density at radius 2 is 1.70 bits per heavy atom. The molecule has 108 valence electrons. The first kappa shape index (κ1) is 16.4. The minimum Gasteiger partial charge on any atom is -0.298 e. The van der Waals surface area contributed by atoms with Gasteiger partial charge in [-0.15, -0.1) is 0 Å². The molecule has 0 heterocycles. The lowest BCUT2D eigenvalue weighted by Crippen LogP contribution is -2.22. The van der Waals surface area contributed by atoms with E-state index in [0.29, 0.717) is 0 Å². The Bertz CT molecular complexity index is 525. The van der Waals surface area contributed by atoms with E-state index in [2.05, 4.69) is 65.0 Å². The van der Waals surface area contributed by atoms with Crippen LogP contribution in [0.25, 0.3) is 0 Å². The molecule has 0 saturated heterocycles. The van der Waals surface area contributed by atoms with Crippen molar-refractivity contribution in [2.75, 3.05) is 0 Å². The molecule has 0 radical (unpaired) electrons. The number of hydrogen-bond donors (Lipinski definition) is 0. The Hall–Kier alpha value is -1.63. The molecule has 1 heteroatoms. The number of carbonyl (C=O) groups excluding carboxylic acids is 1. The molecule has 1 atom stereocenters. The largest absolute Gasteiger partial charge is 0.298 e. The predicted molar refractivity (Wildman–Crippen MR) is 87.1 cm³/mol. The average molecular weight is 270 g/mol. The van der Waals surface area contributed by atoms with E-state index < -0.39 is 0 Å². The van der Waals surface area contributed by atoms with Crippen LogP contribution in [0.5, 0.6) is 0 Å². The zero-order valence-corrected chi connectivity index (χ0v) is 13.6. The summed E-state index contributed by atoms with van der Waals surface area (Å²) < 4.78 is 0. The normalized spacial score (nSPS) is 14.6. The molecule has 0 fully saturated rings. The van der Waals surface area contributed by atoms with Crippen molar-refractivity contribution in [1.29, 1.82) is 0 Å². The van der Waals surface area contributed by atoms with Crippen molar-refractivity contribution in [3.05, 3.63) is 58.2 Å². The maximum absolute atomic E-state index is 11.0. The van der Waals surface area contributed by atoms with Crippen LogP contribution in [0.3, 0.4) is 0 Å². The van der Waals surface area contributed by atoms with E-state index in [1.54, 1.807) is 0 Å². The molecule has 1 rings (SSSR count). The first-order valence-corrected chi connectivity index (χ1v) is 7.15. The second-order valence-corrected chi connectivity index (χ2v) is 6.18. The average Bonchev–Trinajstić information content (AvgIpc) is 2.36. The summed E-state index contributed by atoms with van der Waals surface area (Å²) in [7, 11) is 0. The van der Waals surface area contributed by atoms with E-state index in [1.165, 1.54) is 22.3 Å². The van der Waals surface area contributed by atoms with Gasteiger partial charge in [-0.2, -0.15) is 0 Å². The highest BCUT2D eigenvalue weighted by molar-refractivity contribution is 5.73. The summed E-state index contributed by atoms with van der Waals surface area (Å²) >= 11 is 0. The highest BCUT2D eigenvalue weighted by Crippen LogP contribution is 2.35. The third-order valence-corrected chi connectivity index (χ3v) is 3.72. The van der Waals surface area contributed by atoms with E-state index in [-0.39, 0.29) is 5.41 Å². The van der Waals surface area contributed by atoms with Gasteiger partial charge in [0.1, 0.15) is 6.29 Å². The molecular formula is C19H26O. The summed E-state index contributed by atoms with van der Waals surface area (Å²) in [5, 5.41) is 0. The third kappa shape index (κ3) is 3.93. The molecule has 0 N–H and O–H groups in total. The molecule has 0 amide bonds. The minimum absolute atomic E-state index is 0.141. The van der Waals surface area contributed by atoms with Crippen LogP contribution in [0.15, 0.2) is 41.5 Å².